The van der Waals surface area contributed by atoms with Gasteiger partial charge in [0.1, 0.15) is 0 Å². The van der Waals surface area contributed by atoms with Gasteiger partial charge in [0.05, 0.1) is 0 Å². The van der Waals surface area contributed by atoms with E-state index < -0.39 is 0 Å². The second kappa shape index (κ2) is 12.7. The van der Waals surface area contributed by atoms with Crippen LogP contribution in [-0.2, 0) is 6.54 Å². The van der Waals surface area contributed by atoms with Gasteiger partial charge < -0.3 is 5.32 Å². The molecule has 118 valence electrons. The monoisotopic (exact) mass is 341 g/mol. The Morgan fingerprint density at radius 1 is 0.900 bits per heavy atom. The molecule has 1 saturated heterocycles. The van der Waals surface area contributed by atoms with E-state index in [1.165, 1.54) is 38.3 Å². The van der Waals surface area contributed by atoms with Gasteiger partial charge >= 0.3 is 0 Å². The van der Waals surface area contributed by atoms with Crippen LogP contribution in [0.25, 0.3) is 0 Å². The number of nitrogens with one attached hydrogen (secondary N) is 1. The zero-order valence-electron chi connectivity index (χ0n) is 12.0. The molecule has 3 nitrogen and oxygen atoms in total. The smallest absolute Gasteiger partial charge is 0.0234 e. The van der Waals surface area contributed by atoms with E-state index in [0.717, 1.165) is 13.1 Å². The molecule has 1 aromatic carbocycles. The van der Waals surface area contributed by atoms with E-state index in [9.17, 15) is 0 Å². The molecule has 0 amide bonds. The summed E-state index contributed by atoms with van der Waals surface area (Å²) in [6.07, 6.45) is 0. The lowest BCUT2D eigenvalue weighted by molar-refractivity contribution is 0.128. The third-order valence-corrected chi connectivity index (χ3v) is 3.39. The number of hydrogen-bond acceptors (Lipinski definition) is 3. The molecule has 1 aliphatic heterocycles. The van der Waals surface area contributed by atoms with Gasteiger partial charge in [-0.2, -0.15) is 0 Å². The van der Waals surface area contributed by atoms with Crippen molar-refractivity contribution in [3.63, 3.8) is 0 Å². The normalized spacial score (nSPS) is 15.7. The van der Waals surface area contributed by atoms with Crippen molar-refractivity contribution in [2.45, 2.75) is 6.54 Å². The largest absolute Gasteiger partial charge is 0.318 e. The van der Waals surface area contributed by atoms with Gasteiger partial charge in [-0.25, -0.2) is 0 Å². The first kappa shape index (κ1) is 22.3. The number of hydrogen-bond donors (Lipinski definition) is 1. The van der Waals surface area contributed by atoms with E-state index in [1.807, 2.05) is 7.05 Å². The first-order valence-corrected chi connectivity index (χ1v) is 6.52. The van der Waals surface area contributed by atoms with Crippen LogP contribution in [0.5, 0.6) is 0 Å². The third kappa shape index (κ3) is 7.67. The summed E-state index contributed by atoms with van der Waals surface area (Å²) in [6.45, 7) is 8.16. The van der Waals surface area contributed by atoms with Crippen molar-refractivity contribution < 1.29 is 0 Å². The summed E-state index contributed by atoms with van der Waals surface area (Å²) < 4.78 is 0. The summed E-state index contributed by atoms with van der Waals surface area (Å²) in [5, 5.41) is 3.21. The Balaban J connectivity index is 0. The van der Waals surface area contributed by atoms with E-state index >= 15 is 0 Å². The van der Waals surface area contributed by atoms with E-state index in [1.54, 1.807) is 0 Å². The van der Waals surface area contributed by atoms with Crippen LogP contribution in [0.4, 0.5) is 0 Å². The van der Waals surface area contributed by atoms with Crippen LogP contribution in [0.1, 0.15) is 5.56 Å². The van der Waals surface area contributed by atoms with E-state index in [-0.39, 0.29) is 37.2 Å². The minimum absolute atomic E-state index is 0. The zero-order valence-corrected chi connectivity index (χ0v) is 14.4. The number of benzene rings is 1. The quantitative estimate of drug-likeness (QED) is 0.886. The maximum atomic E-state index is 3.21. The lowest BCUT2D eigenvalue weighted by Gasteiger charge is -2.34. The number of nitrogens with zero attached hydrogens (tertiary/aromatic N) is 2. The highest BCUT2D eigenvalue weighted by Gasteiger charge is 2.15. The predicted octanol–water partition coefficient (Wildman–Crippen LogP) is 2.29. The first-order chi connectivity index (χ1) is 8.38. The van der Waals surface area contributed by atoms with Gasteiger partial charge in [-0.1, -0.05) is 30.3 Å². The second-order valence-electron chi connectivity index (χ2n) is 4.71. The lowest BCUT2D eigenvalue weighted by atomic mass is 10.2. The number of piperazine rings is 1. The molecule has 1 aliphatic rings. The van der Waals surface area contributed by atoms with Gasteiger partial charge in [0.2, 0.25) is 0 Å². The lowest BCUT2D eigenvalue weighted by Crippen LogP contribution is -2.47. The van der Waals surface area contributed by atoms with Crippen LogP contribution in [-0.4, -0.2) is 56.1 Å². The molecule has 0 spiro atoms. The molecule has 0 saturated carbocycles. The molecule has 1 aromatic rings. The zero-order chi connectivity index (χ0) is 11.9. The number of halogens is 3. The van der Waals surface area contributed by atoms with Crippen LogP contribution in [0.3, 0.4) is 0 Å². The van der Waals surface area contributed by atoms with Crippen molar-refractivity contribution in [2.24, 2.45) is 0 Å². The molecule has 1 N–H and O–H groups in total. The molecular formula is C14H26Cl3N3. The molecule has 0 atom stereocenters. The van der Waals surface area contributed by atoms with E-state index in [4.69, 9.17) is 0 Å². The molecule has 2 rings (SSSR count). The van der Waals surface area contributed by atoms with Crippen molar-refractivity contribution in [3.8, 4) is 0 Å². The second-order valence-corrected chi connectivity index (χ2v) is 4.71. The molecule has 0 aliphatic carbocycles. The third-order valence-electron chi connectivity index (χ3n) is 3.39. The van der Waals surface area contributed by atoms with Crippen molar-refractivity contribution >= 4 is 37.2 Å². The Bertz CT molecular complexity index is 317. The van der Waals surface area contributed by atoms with Crippen molar-refractivity contribution in [1.29, 1.82) is 0 Å². The molecule has 1 fully saturated rings. The van der Waals surface area contributed by atoms with Gasteiger partial charge in [-0.3, -0.25) is 9.80 Å². The molecule has 6 heteroatoms. The maximum Gasteiger partial charge on any atom is 0.0234 e. The Morgan fingerprint density at radius 3 is 2.00 bits per heavy atom. The fourth-order valence-corrected chi connectivity index (χ4v) is 2.28. The molecular weight excluding hydrogens is 317 g/mol. The Labute approximate surface area is 141 Å². The maximum absolute atomic E-state index is 3.21. The summed E-state index contributed by atoms with van der Waals surface area (Å²) in [7, 11) is 2.02. The molecule has 20 heavy (non-hydrogen) atoms. The van der Waals surface area contributed by atoms with Gasteiger partial charge in [0, 0.05) is 45.8 Å². The van der Waals surface area contributed by atoms with Crippen molar-refractivity contribution in [3.05, 3.63) is 35.9 Å². The average Bonchev–Trinajstić information content (AvgIpc) is 2.39. The highest BCUT2D eigenvalue weighted by molar-refractivity contribution is 5.86. The molecule has 0 bridgehead atoms. The topological polar surface area (TPSA) is 18.5 Å². The van der Waals surface area contributed by atoms with E-state index in [0.29, 0.717) is 0 Å². The van der Waals surface area contributed by atoms with Gasteiger partial charge in [0.15, 0.2) is 0 Å². The molecule has 1 heterocycles. The van der Waals surface area contributed by atoms with Crippen LogP contribution < -0.4 is 5.32 Å². The SMILES string of the molecule is CNCCN1CCN(Cc2ccccc2)CC1.Cl.Cl.Cl. The van der Waals surface area contributed by atoms with Crippen LogP contribution in [0.2, 0.25) is 0 Å². The molecule has 0 unspecified atom stereocenters. The van der Waals surface area contributed by atoms with Crippen LogP contribution in [0.15, 0.2) is 30.3 Å². The number of rotatable bonds is 5. The molecule has 0 aromatic heterocycles. The Morgan fingerprint density at radius 2 is 1.45 bits per heavy atom. The first-order valence-electron chi connectivity index (χ1n) is 6.52. The fourth-order valence-electron chi connectivity index (χ4n) is 2.28. The summed E-state index contributed by atoms with van der Waals surface area (Å²) in [4.78, 5) is 5.09. The fraction of sp³-hybridized carbons (Fsp3) is 0.571. The van der Waals surface area contributed by atoms with Gasteiger partial charge in [-0.15, -0.1) is 37.2 Å². The van der Waals surface area contributed by atoms with Crippen LogP contribution in [0, 0.1) is 0 Å². The Kier molecular flexibility index (Phi) is 14.1. The van der Waals surface area contributed by atoms with Gasteiger partial charge in [-0.05, 0) is 12.6 Å². The number of likely N-dealkylation sites (N-methyl/N-ethyl adjacent to an activating group) is 1. The van der Waals surface area contributed by atoms with Crippen molar-refractivity contribution in [2.75, 3.05) is 46.3 Å². The minimum atomic E-state index is 0. The van der Waals surface area contributed by atoms with Crippen molar-refractivity contribution in [1.82, 2.24) is 15.1 Å². The summed E-state index contributed by atoms with van der Waals surface area (Å²) in [6, 6.07) is 10.8. The predicted molar refractivity (Wildman–Crippen MR) is 93.8 cm³/mol. The highest BCUT2D eigenvalue weighted by Crippen LogP contribution is 2.07. The summed E-state index contributed by atoms with van der Waals surface area (Å²) in [5.41, 5.74) is 1.43. The summed E-state index contributed by atoms with van der Waals surface area (Å²) in [5.74, 6) is 0. The van der Waals surface area contributed by atoms with E-state index in [2.05, 4.69) is 45.4 Å². The highest BCUT2D eigenvalue weighted by atomic mass is 35.5. The standard InChI is InChI=1S/C14H23N3.3ClH/c1-15-7-8-16-9-11-17(12-10-16)13-14-5-3-2-4-6-14;;;/h2-6,15H,7-13H2,1H3;3*1H. The average molecular weight is 343 g/mol. The Hall–Kier alpha value is -0.0300. The minimum Gasteiger partial charge on any atom is -0.318 e. The summed E-state index contributed by atoms with van der Waals surface area (Å²) >= 11 is 0. The van der Waals surface area contributed by atoms with Gasteiger partial charge in [0.25, 0.3) is 0 Å². The molecule has 0 radical (unpaired) electrons. The van der Waals surface area contributed by atoms with Crippen LogP contribution >= 0.6 is 37.2 Å².